The molecule has 1 aromatic carbocycles. The summed E-state index contributed by atoms with van der Waals surface area (Å²) in [5, 5.41) is 3.11. The van der Waals surface area contributed by atoms with Crippen LogP contribution >= 0.6 is 0 Å². The molecule has 0 fully saturated rings. The number of benzene rings is 1. The van der Waals surface area contributed by atoms with E-state index in [4.69, 9.17) is 4.55 Å². The number of hydrogen-bond acceptors (Lipinski definition) is 3. The number of hydrogen-bond donors (Lipinski definition) is 2. The van der Waals surface area contributed by atoms with Crippen molar-refractivity contribution in [1.82, 2.24) is 0 Å². The summed E-state index contributed by atoms with van der Waals surface area (Å²) in [5.41, 5.74) is 2.23. The first-order chi connectivity index (χ1) is 7.88. The first-order valence-corrected chi connectivity index (χ1v) is 7.28. The smallest absolute Gasteiger partial charge is 0.264 e. The van der Waals surface area contributed by atoms with Crippen molar-refractivity contribution < 1.29 is 13.0 Å². The zero-order chi connectivity index (χ0) is 12.9. The van der Waals surface area contributed by atoms with Crippen LogP contribution in [0.25, 0.3) is 0 Å². The monoisotopic (exact) mass is 257 g/mol. The van der Waals surface area contributed by atoms with Gasteiger partial charge < -0.3 is 5.32 Å². The summed E-state index contributed by atoms with van der Waals surface area (Å²) in [4.78, 5) is 0. The molecule has 0 aliphatic rings. The Morgan fingerprint density at radius 1 is 1.24 bits per heavy atom. The van der Waals surface area contributed by atoms with E-state index in [-0.39, 0.29) is 5.75 Å². The molecule has 5 heteroatoms. The van der Waals surface area contributed by atoms with Gasteiger partial charge in [-0.1, -0.05) is 26.0 Å². The minimum Gasteiger partial charge on any atom is -0.385 e. The highest BCUT2D eigenvalue weighted by Gasteiger charge is 2.03. The van der Waals surface area contributed by atoms with Gasteiger partial charge in [0, 0.05) is 12.2 Å². The van der Waals surface area contributed by atoms with E-state index >= 15 is 0 Å². The van der Waals surface area contributed by atoms with Crippen LogP contribution in [0.4, 0.5) is 5.69 Å². The largest absolute Gasteiger partial charge is 0.385 e. The second-order valence-electron chi connectivity index (χ2n) is 4.34. The highest BCUT2D eigenvalue weighted by molar-refractivity contribution is 7.85. The molecule has 0 aliphatic heterocycles. The lowest BCUT2D eigenvalue weighted by molar-refractivity contribution is 0.481. The molecule has 1 aromatic rings. The van der Waals surface area contributed by atoms with Gasteiger partial charge in [-0.25, -0.2) is 0 Å². The molecule has 96 valence electrons. The van der Waals surface area contributed by atoms with Crippen LogP contribution in [0.15, 0.2) is 24.3 Å². The van der Waals surface area contributed by atoms with Crippen molar-refractivity contribution in [3.8, 4) is 0 Å². The van der Waals surface area contributed by atoms with E-state index in [1.165, 1.54) is 5.56 Å². The van der Waals surface area contributed by atoms with Gasteiger partial charge in [-0.05, 0) is 30.0 Å². The third-order valence-electron chi connectivity index (χ3n) is 2.49. The summed E-state index contributed by atoms with van der Waals surface area (Å²) in [6.07, 6.45) is 0.394. The van der Waals surface area contributed by atoms with E-state index in [2.05, 4.69) is 31.3 Å². The molecule has 4 nitrogen and oxygen atoms in total. The Morgan fingerprint density at radius 2 is 1.82 bits per heavy atom. The van der Waals surface area contributed by atoms with Crippen molar-refractivity contribution in [2.24, 2.45) is 0 Å². The van der Waals surface area contributed by atoms with Gasteiger partial charge >= 0.3 is 0 Å². The van der Waals surface area contributed by atoms with E-state index in [1.54, 1.807) is 0 Å². The van der Waals surface area contributed by atoms with Gasteiger partial charge in [0.25, 0.3) is 10.1 Å². The first kappa shape index (κ1) is 14.0. The normalized spacial score (nSPS) is 11.8. The lowest BCUT2D eigenvalue weighted by Gasteiger charge is -2.08. The molecular weight excluding hydrogens is 238 g/mol. The Balaban J connectivity index is 2.37. The average molecular weight is 257 g/mol. The van der Waals surface area contributed by atoms with Gasteiger partial charge in [0.15, 0.2) is 0 Å². The Bertz CT molecular complexity index is 437. The van der Waals surface area contributed by atoms with Crippen LogP contribution in [0.3, 0.4) is 0 Å². The second-order valence-corrected chi connectivity index (χ2v) is 5.92. The Labute approximate surface area is 103 Å². The summed E-state index contributed by atoms with van der Waals surface area (Å²) in [7, 11) is -3.84. The molecule has 0 radical (unpaired) electrons. The van der Waals surface area contributed by atoms with Crippen LogP contribution in [0.5, 0.6) is 0 Å². The minimum absolute atomic E-state index is 0.204. The first-order valence-electron chi connectivity index (χ1n) is 5.67. The third kappa shape index (κ3) is 5.70. The fraction of sp³-hybridized carbons (Fsp3) is 0.500. The highest BCUT2D eigenvalue weighted by Crippen LogP contribution is 2.16. The standard InChI is InChI=1S/C12H19NO3S/c1-10(2)11-4-6-12(7-5-11)13-8-3-9-17(14,15)16/h4-7,10,13H,3,8-9H2,1-2H3,(H,14,15,16). The minimum atomic E-state index is -3.84. The predicted molar refractivity (Wildman–Crippen MR) is 70.1 cm³/mol. The van der Waals surface area contributed by atoms with Gasteiger partial charge in [0.1, 0.15) is 0 Å². The maximum atomic E-state index is 10.5. The van der Waals surface area contributed by atoms with Crippen LogP contribution in [0.2, 0.25) is 0 Å². The maximum Gasteiger partial charge on any atom is 0.264 e. The van der Waals surface area contributed by atoms with Crippen LogP contribution in [-0.2, 0) is 10.1 Å². The van der Waals surface area contributed by atoms with Crippen molar-refractivity contribution in [2.75, 3.05) is 17.6 Å². The predicted octanol–water partition coefficient (Wildman–Crippen LogP) is 2.50. The molecule has 1 rings (SSSR count). The number of nitrogens with one attached hydrogen (secondary N) is 1. The molecule has 0 unspecified atom stereocenters. The highest BCUT2D eigenvalue weighted by atomic mass is 32.2. The van der Waals surface area contributed by atoms with Crippen molar-refractivity contribution >= 4 is 15.8 Å². The van der Waals surface area contributed by atoms with E-state index in [9.17, 15) is 8.42 Å². The van der Waals surface area contributed by atoms with Crippen LogP contribution in [-0.4, -0.2) is 25.3 Å². The lowest BCUT2D eigenvalue weighted by atomic mass is 10.0. The van der Waals surface area contributed by atoms with E-state index in [0.717, 1.165) is 5.69 Å². The van der Waals surface area contributed by atoms with Crippen LogP contribution < -0.4 is 5.32 Å². The van der Waals surface area contributed by atoms with E-state index in [1.807, 2.05) is 12.1 Å². The molecule has 2 N–H and O–H groups in total. The van der Waals surface area contributed by atoms with Crippen molar-refractivity contribution in [3.63, 3.8) is 0 Å². The van der Waals surface area contributed by atoms with E-state index in [0.29, 0.717) is 18.9 Å². The zero-order valence-corrected chi connectivity index (χ0v) is 11.0. The molecule has 0 spiro atoms. The molecule has 0 amide bonds. The van der Waals surface area contributed by atoms with Gasteiger partial charge in [-0.3, -0.25) is 4.55 Å². The molecule has 17 heavy (non-hydrogen) atoms. The fourth-order valence-corrected chi connectivity index (χ4v) is 1.98. The summed E-state index contributed by atoms with van der Waals surface area (Å²) < 4.78 is 29.5. The van der Waals surface area contributed by atoms with Gasteiger partial charge in [-0.15, -0.1) is 0 Å². The second kappa shape index (κ2) is 6.02. The number of anilines is 1. The molecule has 0 heterocycles. The van der Waals surface area contributed by atoms with Gasteiger partial charge in [0.2, 0.25) is 0 Å². The summed E-state index contributed by atoms with van der Waals surface area (Å²) in [6.45, 7) is 4.80. The summed E-state index contributed by atoms with van der Waals surface area (Å²) in [6, 6.07) is 8.05. The van der Waals surface area contributed by atoms with Gasteiger partial charge in [-0.2, -0.15) is 8.42 Å². The summed E-state index contributed by atoms with van der Waals surface area (Å²) >= 11 is 0. The fourth-order valence-electron chi connectivity index (χ4n) is 1.47. The Hall–Kier alpha value is -1.07. The average Bonchev–Trinajstić information content (AvgIpc) is 2.24. The van der Waals surface area contributed by atoms with Crippen LogP contribution in [0, 0.1) is 0 Å². The molecule has 0 atom stereocenters. The van der Waals surface area contributed by atoms with Gasteiger partial charge in [0.05, 0.1) is 5.75 Å². The molecule has 0 saturated heterocycles. The molecule has 0 aromatic heterocycles. The summed E-state index contributed by atoms with van der Waals surface area (Å²) in [5.74, 6) is 0.299. The van der Waals surface area contributed by atoms with Crippen molar-refractivity contribution in [2.45, 2.75) is 26.2 Å². The van der Waals surface area contributed by atoms with Crippen molar-refractivity contribution in [1.29, 1.82) is 0 Å². The quantitative estimate of drug-likeness (QED) is 0.607. The molecule has 0 bridgehead atoms. The zero-order valence-electron chi connectivity index (χ0n) is 10.2. The maximum absolute atomic E-state index is 10.5. The number of rotatable bonds is 6. The third-order valence-corrected chi connectivity index (χ3v) is 3.29. The van der Waals surface area contributed by atoms with Crippen LogP contribution in [0.1, 0.15) is 31.7 Å². The Morgan fingerprint density at radius 3 is 2.29 bits per heavy atom. The Kier molecular flexibility index (Phi) is 4.96. The van der Waals surface area contributed by atoms with E-state index < -0.39 is 10.1 Å². The molecule has 0 saturated carbocycles. The topological polar surface area (TPSA) is 66.4 Å². The lowest BCUT2D eigenvalue weighted by Crippen LogP contribution is -2.10. The molecule has 0 aliphatic carbocycles. The van der Waals surface area contributed by atoms with Crippen molar-refractivity contribution in [3.05, 3.63) is 29.8 Å². The molecular formula is C12H19NO3S. The SMILES string of the molecule is CC(C)c1ccc(NCCCS(=O)(=O)O)cc1.